The van der Waals surface area contributed by atoms with Crippen LogP contribution >= 0.6 is 23.4 Å². The van der Waals surface area contributed by atoms with Crippen LogP contribution in [0.25, 0.3) is 6.08 Å². The van der Waals surface area contributed by atoms with E-state index in [2.05, 4.69) is 5.32 Å². The smallest absolute Gasteiger partial charge is 0.294 e. The second-order valence-electron chi connectivity index (χ2n) is 6.05. The summed E-state index contributed by atoms with van der Waals surface area (Å²) in [5.74, 6) is -0.277. The second kappa shape index (κ2) is 8.50. The average molecular weight is 417 g/mol. The van der Waals surface area contributed by atoms with Gasteiger partial charge in [-0.25, -0.2) is 0 Å². The van der Waals surface area contributed by atoms with Gasteiger partial charge in [0.05, 0.1) is 12.0 Å². The maximum atomic E-state index is 12.5. The number of anilines is 1. The SMILES string of the molecule is COc1ccc(/C=C2/SC(=O)N(CC(=O)Nc3cc(Cl)ccc3C)C2=O)cc1. The first-order chi connectivity index (χ1) is 13.4. The maximum Gasteiger partial charge on any atom is 0.294 e. The van der Waals surface area contributed by atoms with Crippen LogP contribution in [0.4, 0.5) is 10.5 Å². The molecule has 1 aliphatic rings. The number of benzene rings is 2. The molecule has 0 atom stereocenters. The van der Waals surface area contributed by atoms with Crippen LogP contribution in [-0.2, 0) is 9.59 Å². The molecule has 1 aliphatic heterocycles. The third kappa shape index (κ3) is 4.55. The average Bonchev–Trinajstić information content (AvgIpc) is 2.92. The van der Waals surface area contributed by atoms with Crippen LogP contribution in [0.3, 0.4) is 0 Å². The van der Waals surface area contributed by atoms with Crippen molar-refractivity contribution in [1.29, 1.82) is 0 Å². The Hall–Kier alpha value is -2.77. The first kappa shape index (κ1) is 20.0. The molecule has 28 heavy (non-hydrogen) atoms. The molecular formula is C20H17ClN2O4S. The minimum absolute atomic E-state index is 0.266. The number of aryl methyl sites for hydroxylation is 1. The van der Waals surface area contributed by atoms with Crippen LogP contribution in [0.5, 0.6) is 5.75 Å². The predicted octanol–water partition coefficient (Wildman–Crippen LogP) is 4.33. The Bertz CT molecular complexity index is 973. The highest BCUT2D eigenvalue weighted by atomic mass is 35.5. The predicted molar refractivity (Wildman–Crippen MR) is 110 cm³/mol. The van der Waals surface area contributed by atoms with Crippen LogP contribution in [0.15, 0.2) is 47.4 Å². The van der Waals surface area contributed by atoms with Gasteiger partial charge in [0.25, 0.3) is 11.1 Å². The summed E-state index contributed by atoms with van der Waals surface area (Å²) in [6, 6.07) is 12.2. The van der Waals surface area contributed by atoms with Crippen LogP contribution < -0.4 is 10.1 Å². The Labute approximate surface area is 171 Å². The Morgan fingerprint density at radius 2 is 1.93 bits per heavy atom. The lowest BCUT2D eigenvalue weighted by atomic mass is 10.2. The number of nitrogens with one attached hydrogen (secondary N) is 1. The number of carbonyl (C=O) groups is 3. The molecule has 2 aromatic rings. The number of rotatable bonds is 5. The van der Waals surface area contributed by atoms with E-state index in [1.165, 1.54) is 0 Å². The summed E-state index contributed by atoms with van der Waals surface area (Å²) in [6.45, 7) is 1.46. The third-order valence-corrected chi connectivity index (χ3v) is 5.21. The van der Waals surface area contributed by atoms with Crippen LogP contribution in [0.2, 0.25) is 5.02 Å². The van der Waals surface area contributed by atoms with Crippen molar-refractivity contribution in [3.05, 3.63) is 63.5 Å². The van der Waals surface area contributed by atoms with E-state index >= 15 is 0 Å². The number of methoxy groups -OCH3 is 1. The molecule has 0 spiro atoms. The largest absolute Gasteiger partial charge is 0.497 e. The number of thioether (sulfide) groups is 1. The van der Waals surface area contributed by atoms with Gasteiger partial charge in [0.15, 0.2) is 0 Å². The normalized spacial score (nSPS) is 15.2. The van der Waals surface area contributed by atoms with E-state index < -0.39 is 17.1 Å². The zero-order valence-corrected chi connectivity index (χ0v) is 16.8. The number of amides is 3. The minimum Gasteiger partial charge on any atom is -0.497 e. The molecule has 0 aliphatic carbocycles. The molecule has 0 aromatic heterocycles. The summed E-state index contributed by atoms with van der Waals surface area (Å²) in [5, 5.41) is 2.68. The van der Waals surface area contributed by atoms with E-state index in [1.807, 2.05) is 6.92 Å². The highest BCUT2D eigenvalue weighted by Crippen LogP contribution is 2.32. The molecule has 1 heterocycles. The van der Waals surface area contributed by atoms with Crippen molar-refractivity contribution in [3.63, 3.8) is 0 Å². The highest BCUT2D eigenvalue weighted by molar-refractivity contribution is 8.18. The molecule has 144 valence electrons. The zero-order valence-electron chi connectivity index (χ0n) is 15.2. The molecule has 6 nitrogen and oxygen atoms in total. The number of halogens is 1. The van der Waals surface area contributed by atoms with Gasteiger partial charge in [0.1, 0.15) is 12.3 Å². The summed E-state index contributed by atoms with van der Waals surface area (Å²) in [6.07, 6.45) is 1.61. The van der Waals surface area contributed by atoms with Gasteiger partial charge in [-0.15, -0.1) is 0 Å². The number of ether oxygens (including phenoxy) is 1. The molecule has 1 N–H and O–H groups in total. The minimum atomic E-state index is -0.496. The number of carbonyl (C=O) groups excluding carboxylic acids is 3. The van der Waals surface area contributed by atoms with Crippen LogP contribution in [-0.4, -0.2) is 35.6 Å². The first-order valence-corrected chi connectivity index (χ1v) is 9.52. The van der Waals surface area contributed by atoms with Gasteiger partial charge in [0.2, 0.25) is 5.91 Å². The Morgan fingerprint density at radius 1 is 1.21 bits per heavy atom. The fourth-order valence-corrected chi connectivity index (χ4v) is 3.56. The summed E-state index contributed by atoms with van der Waals surface area (Å²) >= 11 is 6.75. The zero-order chi connectivity index (χ0) is 20.3. The molecular weight excluding hydrogens is 400 g/mol. The molecule has 8 heteroatoms. The fraction of sp³-hybridized carbons (Fsp3) is 0.150. The number of nitrogens with zero attached hydrogens (tertiary/aromatic N) is 1. The van der Waals surface area contributed by atoms with Crippen molar-refractivity contribution in [2.75, 3.05) is 19.0 Å². The van der Waals surface area contributed by atoms with E-state index in [0.29, 0.717) is 16.5 Å². The van der Waals surface area contributed by atoms with Crippen LogP contribution in [0.1, 0.15) is 11.1 Å². The lowest BCUT2D eigenvalue weighted by Gasteiger charge is -2.13. The second-order valence-corrected chi connectivity index (χ2v) is 7.48. The number of imide groups is 1. The van der Waals surface area contributed by atoms with Crippen molar-refractivity contribution in [1.82, 2.24) is 4.90 Å². The Kier molecular flexibility index (Phi) is 6.06. The quantitative estimate of drug-likeness (QED) is 0.734. The monoisotopic (exact) mass is 416 g/mol. The third-order valence-electron chi connectivity index (χ3n) is 4.06. The maximum absolute atomic E-state index is 12.5. The van der Waals surface area contributed by atoms with E-state index in [1.54, 1.807) is 55.7 Å². The molecule has 0 unspecified atom stereocenters. The lowest BCUT2D eigenvalue weighted by molar-refractivity contribution is -0.127. The Balaban J connectivity index is 1.70. The molecule has 3 rings (SSSR count). The fourth-order valence-electron chi connectivity index (χ4n) is 2.55. The van der Waals surface area contributed by atoms with E-state index in [4.69, 9.17) is 16.3 Å². The van der Waals surface area contributed by atoms with Gasteiger partial charge in [0, 0.05) is 10.7 Å². The van der Waals surface area contributed by atoms with Crippen LogP contribution in [0, 0.1) is 6.92 Å². The summed E-state index contributed by atoms with van der Waals surface area (Å²) in [7, 11) is 1.57. The van der Waals surface area contributed by atoms with Crippen molar-refractivity contribution in [3.8, 4) is 5.75 Å². The Morgan fingerprint density at radius 3 is 2.61 bits per heavy atom. The summed E-state index contributed by atoms with van der Waals surface area (Å²) in [5.41, 5.74) is 2.12. The molecule has 1 saturated heterocycles. The van der Waals surface area contributed by atoms with Crippen molar-refractivity contribution in [2.45, 2.75) is 6.92 Å². The van der Waals surface area contributed by atoms with Gasteiger partial charge in [-0.05, 0) is 60.2 Å². The van der Waals surface area contributed by atoms with E-state index in [-0.39, 0.29) is 11.4 Å². The molecule has 0 radical (unpaired) electrons. The molecule has 0 bridgehead atoms. The summed E-state index contributed by atoms with van der Waals surface area (Å²) in [4.78, 5) is 38.3. The highest BCUT2D eigenvalue weighted by Gasteiger charge is 2.36. The van der Waals surface area contributed by atoms with Gasteiger partial charge >= 0.3 is 0 Å². The lowest BCUT2D eigenvalue weighted by Crippen LogP contribution is -2.36. The van der Waals surface area contributed by atoms with E-state index in [9.17, 15) is 14.4 Å². The van der Waals surface area contributed by atoms with Gasteiger partial charge in [-0.1, -0.05) is 29.8 Å². The number of hydrogen-bond donors (Lipinski definition) is 1. The van der Waals surface area contributed by atoms with Crippen molar-refractivity contribution >= 4 is 52.2 Å². The van der Waals surface area contributed by atoms with E-state index in [0.717, 1.165) is 27.8 Å². The molecule has 0 saturated carbocycles. The first-order valence-electron chi connectivity index (χ1n) is 8.33. The van der Waals surface area contributed by atoms with Crippen molar-refractivity contribution in [2.24, 2.45) is 0 Å². The molecule has 3 amide bonds. The van der Waals surface area contributed by atoms with Gasteiger partial charge in [-0.2, -0.15) is 0 Å². The molecule has 1 fully saturated rings. The molecule has 2 aromatic carbocycles. The standard InChI is InChI=1S/C20H17ClN2O4S/c1-12-3-6-14(21)10-16(12)22-18(24)11-23-19(25)17(28-20(23)26)9-13-4-7-15(27-2)8-5-13/h3-10H,11H2,1-2H3,(H,22,24)/b17-9+. The van der Waals surface area contributed by atoms with Gasteiger partial charge < -0.3 is 10.1 Å². The summed E-state index contributed by atoms with van der Waals surface area (Å²) < 4.78 is 5.09. The van der Waals surface area contributed by atoms with Gasteiger partial charge in [-0.3, -0.25) is 19.3 Å². The number of hydrogen-bond acceptors (Lipinski definition) is 5. The van der Waals surface area contributed by atoms with Crippen molar-refractivity contribution < 1.29 is 19.1 Å². The topological polar surface area (TPSA) is 75.7 Å².